The van der Waals surface area contributed by atoms with Gasteiger partial charge in [-0.2, -0.15) is 0 Å². The molecule has 0 saturated heterocycles. The quantitative estimate of drug-likeness (QED) is 0.672. The van der Waals surface area contributed by atoms with E-state index in [9.17, 15) is 14.4 Å². The van der Waals surface area contributed by atoms with Crippen molar-refractivity contribution in [3.8, 4) is 5.75 Å². The van der Waals surface area contributed by atoms with E-state index in [0.717, 1.165) is 55.5 Å². The van der Waals surface area contributed by atoms with Gasteiger partial charge in [0.2, 0.25) is 11.7 Å². The Morgan fingerprint density at radius 2 is 1.97 bits per heavy atom. The van der Waals surface area contributed by atoms with E-state index >= 15 is 0 Å². The average molecular weight is 438 g/mol. The van der Waals surface area contributed by atoms with E-state index in [1.807, 2.05) is 18.2 Å². The van der Waals surface area contributed by atoms with Crippen LogP contribution in [-0.4, -0.2) is 26.8 Å². The summed E-state index contributed by atoms with van der Waals surface area (Å²) in [5.41, 5.74) is 6.14. The summed E-state index contributed by atoms with van der Waals surface area (Å²) in [5, 5.41) is 7.12. The number of carbonyl (C=O) groups is 1. The van der Waals surface area contributed by atoms with Crippen LogP contribution in [0.2, 0.25) is 0 Å². The molecule has 9 heteroatoms. The van der Waals surface area contributed by atoms with E-state index < -0.39 is 11.2 Å². The minimum atomic E-state index is -0.643. The maximum Gasteiger partial charge on any atom is 0.345 e. The number of aromatic amines is 1. The second kappa shape index (κ2) is 6.70. The van der Waals surface area contributed by atoms with Crippen LogP contribution in [0.25, 0.3) is 0 Å². The molecule has 1 aromatic heterocycles. The lowest BCUT2D eigenvalue weighted by atomic mass is 9.59. The summed E-state index contributed by atoms with van der Waals surface area (Å²) in [6.45, 7) is 2.14. The number of benzene rings is 1. The molecule has 9 nitrogen and oxygen atoms in total. The van der Waals surface area contributed by atoms with Crippen LogP contribution in [0.15, 0.2) is 27.8 Å². The largest absolute Gasteiger partial charge is 0.490 e. The van der Waals surface area contributed by atoms with Crippen LogP contribution in [-0.2, 0) is 10.2 Å². The molecule has 2 heterocycles. The molecule has 3 aliphatic carbocycles. The van der Waals surface area contributed by atoms with Crippen LogP contribution in [0, 0.1) is 17.8 Å². The molecule has 5 atom stereocenters. The van der Waals surface area contributed by atoms with Crippen molar-refractivity contribution in [2.75, 3.05) is 11.1 Å². The molecule has 1 aromatic carbocycles. The number of aromatic nitrogens is 3. The van der Waals surface area contributed by atoms with Crippen molar-refractivity contribution in [3.63, 3.8) is 0 Å². The van der Waals surface area contributed by atoms with Gasteiger partial charge in [-0.3, -0.25) is 14.6 Å². The summed E-state index contributed by atoms with van der Waals surface area (Å²) >= 11 is 0. The summed E-state index contributed by atoms with van der Waals surface area (Å²) in [5.74, 6) is 1.48. The number of hydrogen-bond acceptors (Lipinski definition) is 6. The number of carbonyl (C=O) groups excluding carboxylic acids is 1. The van der Waals surface area contributed by atoms with Crippen LogP contribution < -0.4 is 27.0 Å². The van der Waals surface area contributed by atoms with Crippen LogP contribution in [0.5, 0.6) is 5.75 Å². The van der Waals surface area contributed by atoms with Crippen molar-refractivity contribution in [3.05, 3.63) is 44.6 Å². The van der Waals surface area contributed by atoms with Crippen LogP contribution in [0.1, 0.15) is 57.1 Å². The Labute approximate surface area is 184 Å². The lowest BCUT2D eigenvalue weighted by Gasteiger charge is -2.52. The summed E-state index contributed by atoms with van der Waals surface area (Å²) < 4.78 is 7.92. The molecular formula is C23H27N5O4. The molecule has 168 valence electrons. The topological polar surface area (TPSA) is 132 Å². The molecule has 2 aromatic rings. The molecule has 5 unspecified atom stereocenters. The zero-order valence-electron chi connectivity index (χ0n) is 18.0. The first-order valence-corrected chi connectivity index (χ1v) is 11.5. The van der Waals surface area contributed by atoms with E-state index in [-0.39, 0.29) is 41.1 Å². The van der Waals surface area contributed by atoms with Gasteiger partial charge in [0.05, 0.1) is 11.5 Å². The van der Waals surface area contributed by atoms with E-state index in [1.54, 1.807) is 0 Å². The Kier molecular flexibility index (Phi) is 4.10. The van der Waals surface area contributed by atoms with E-state index in [0.29, 0.717) is 5.92 Å². The number of H-pyrrole nitrogens is 1. The highest BCUT2D eigenvalue weighted by Crippen LogP contribution is 2.54. The molecule has 3 fully saturated rings. The summed E-state index contributed by atoms with van der Waals surface area (Å²) in [6.07, 6.45) is 5.63. The molecule has 1 spiro atoms. The van der Waals surface area contributed by atoms with Gasteiger partial charge in [-0.05, 0) is 67.7 Å². The number of nitrogens with one attached hydrogen (secondary N) is 2. The van der Waals surface area contributed by atoms with Crippen LogP contribution in [0.4, 0.5) is 11.5 Å². The van der Waals surface area contributed by atoms with Gasteiger partial charge in [0.15, 0.2) is 0 Å². The number of amides is 1. The predicted octanol–water partition coefficient (Wildman–Crippen LogP) is 1.94. The highest BCUT2D eigenvalue weighted by molar-refractivity contribution is 6.07. The number of rotatable bonds is 3. The molecule has 0 radical (unpaired) electrons. The third kappa shape index (κ3) is 2.63. The normalized spacial score (nSPS) is 31.8. The van der Waals surface area contributed by atoms with Gasteiger partial charge in [0, 0.05) is 11.6 Å². The third-order valence-electron chi connectivity index (χ3n) is 8.33. The van der Waals surface area contributed by atoms with Crippen molar-refractivity contribution in [2.24, 2.45) is 17.8 Å². The Morgan fingerprint density at radius 1 is 1.19 bits per heavy atom. The average Bonchev–Trinajstić information content (AvgIpc) is 2.99. The summed E-state index contributed by atoms with van der Waals surface area (Å²) in [6, 6.07) is 5.85. The van der Waals surface area contributed by atoms with Gasteiger partial charge in [0.25, 0.3) is 5.56 Å². The Balaban J connectivity index is 1.26. The van der Waals surface area contributed by atoms with Crippen molar-refractivity contribution < 1.29 is 9.53 Å². The zero-order chi connectivity index (χ0) is 22.2. The number of fused-ring (bicyclic) bond motifs is 3. The third-order valence-corrected chi connectivity index (χ3v) is 8.33. The minimum absolute atomic E-state index is 0.0289. The molecule has 32 heavy (non-hydrogen) atoms. The molecule has 1 aliphatic heterocycles. The number of nitrogens with two attached hydrogens (primary N) is 1. The van der Waals surface area contributed by atoms with E-state index in [2.05, 4.69) is 22.3 Å². The number of ether oxygens (including phenoxy) is 1. The smallest absolute Gasteiger partial charge is 0.345 e. The summed E-state index contributed by atoms with van der Waals surface area (Å²) in [7, 11) is 0. The number of nitrogen functional groups attached to an aromatic ring is 1. The second-order valence-electron chi connectivity index (χ2n) is 9.95. The SMILES string of the molecule is CC1CC(n2nc(N)c(=O)[nH]c2=O)C2CCC2C1Oc1ccc2c(c1)C1(CCC1)C(=O)N2. The molecule has 1 amide bonds. The maximum atomic E-state index is 12.5. The number of anilines is 2. The fourth-order valence-electron chi connectivity index (χ4n) is 6.33. The standard InChI is InChI=1S/C23H27N5O4/c1-11-9-17(28-22(31)26-20(29)19(24)27-28)13-4-5-14(13)18(11)32-12-3-6-16-15(10-12)23(7-2-8-23)21(30)25-16/h3,6,10-11,13-14,17-18H,2,4-5,7-9H2,1H3,(H2,24,27)(H,25,30)(H,26,29,31). The predicted molar refractivity (Wildman–Crippen MR) is 118 cm³/mol. The van der Waals surface area contributed by atoms with Crippen molar-refractivity contribution in [1.82, 2.24) is 14.8 Å². The van der Waals surface area contributed by atoms with Crippen molar-refractivity contribution in [2.45, 2.75) is 63.0 Å². The van der Waals surface area contributed by atoms with Crippen molar-refractivity contribution in [1.29, 1.82) is 0 Å². The highest BCUT2D eigenvalue weighted by Gasteiger charge is 2.52. The van der Waals surface area contributed by atoms with Crippen molar-refractivity contribution >= 4 is 17.4 Å². The Bertz CT molecular complexity index is 1230. The monoisotopic (exact) mass is 437 g/mol. The number of hydrogen-bond donors (Lipinski definition) is 3. The molecule has 6 rings (SSSR count). The summed E-state index contributed by atoms with van der Waals surface area (Å²) in [4.78, 5) is 38.8. The van der Waals surface area contributed by atoms with E-state index in [4.69, 9.17) is 10.5 Å². The second-order valence-corrected chi connectivity index (χ2v) is 9.95. The molecule has 0 bridgehead atoms. The molecule has 3 saturated carbocycles. The first-order valence-electron chi connectivity index (χ1n) is 11.5. The first kappa shape index (κ1) is 19.6. The van der Waals surface area contributed by atoms with Gasteiger partial charge in [0.1, 0.15) is 11.9 Å². The lowest BCUT2D eigenvalue weighted by molar-refractivity contribution is -0.123. The number of nitrogens with zero attached hydrogens (tertiary/aromatic N) is 2. The first-order chi connectivity index (χ1) is 15.4. The van der Waals surface area contributed by atoms with E-state index in [1.165, 1.54) is 4.68 Å². The Hall–Kier alpha value is -3.10. The van der Waals surface area contributed by atoms with Crippen LogP contribution in [0.3, 0.4) is 0 Å². The molecular weight excluding hydrogens is 410 g/mol. The zero-order valence-corrected chi connectivity index (χ0v) is 18.0. The fourth-order valence-corrected chi connectivity index (χ4v) is 6.33. The fraction of sp³-hybridized carbons (Fsp3) is 0.565. The highest BCUT2D eigenvalue weighted by atomic mass is 16.5. The van der Waals surface area contributed by atoms with Gasteiger partial charge in [-0.25, -0.2) is 9.48 Å². The molecule has 4 N–H and O–H groups in total. The maximum absolute atomic E-state index is 12.5. The van der Waals surface area contributed by atoms with Gasteiger partial charge in [-0.15, -0.1) is 5.10 Å². The van der Waals surface area contributed by atoms with Gasteiger partial charge < -0.3 is 15.8 Å². The Morgan fingerprint density at radius 3 is 2.66 bits per heavy atom. The van der Waals surface area contributed by atoms with Gasteiger partial charge >= 0.3 is 5.69 Å². The lowest BCUT2D eigenvalue weighted by Crippen LogP contribution is -2.53. The minimum Gasteiger partial charge on any atom is -0.490 e. The van der Waals surface area contributed by atoms with Crippen LogP contribution >= 0.6 is 0 Å². The van der Waals surface area contributed by atoms with Gasteiger partial charge in [-0.1, -0.05) is 13.3 Å². The molecule has 4 aliphatic rings.